The molecular formula is C12H7BrFN3. The molecule has 5 heteroatoms. The van der Waals surface area contributed by atoms with Crippen molar-refractivity contribution in [2.75, 3.05) is 0 Å². The highest BCUT2D eigenvalue weighted by atomic mass is 79.9. The lowest BCUT2D eigenvalue weighted by molar-refractivity contribution is 0.630. The number of benzene rings is 1. The molecule has 3 aromatic rings. The maximum absolute atomic E-state index is 13.7. The molecule has 0 saturated heterocycles. The molecule has 3 nitrogen and oxygen atoms in total. The number of aromatic nitrogens is 3. The van der Waals surface area contributed by atoms with E-state index in [-0.39, 0.29) is 5.82 Å². The predicted molar refractivity (Wildman–Crippen MR) is 66.1 cm³/mol. The first-order chi connectivity index (χ1) is 8.27. The zero-order valence-electron chi connectivity index (χ0n) is 8.64. The van der Waals surface area contributed by atoms with E-state index in [1.165, 1.54) is 6.07 Å². The second kappa shape index (κ2) is 3.92. The minimum Gasteiger partial charge on any atom is -0.282 e. The van der Waals surface area contributed by atoms with E-state index < -0.39 is 0 Å². The zero-order valence-corrected chi connectivity index (χ0v) is 10.2. The summed E-state index contributed by atoms with van der Waals surface area (Å²) in [5.41, 5.74) is 1.32. The minimum atomic E-state index is -0.296. The van der Waals surface area contributed by atoms with Crippen LogP contribution in [0.1, 0.15) is 0 Å². The maximum Gasteiger partial charge on any atom is 0.150 e. The first-order valence-electron chi connectivity index (χ1n) is 5.00. The van der Waals surface area contributed by atoms with Gasteiger partial charge in [0.15, 0.2) is 0 Å². The summed E-state index contributed by atoms with van der Waals surface area (Å²) in [7, 11) is 0. The molecule has 0 radical (unpaired) electrons. The summed E-state index contributed by atoms with van der Waals surface area (Å²) in [5, 5.41) is 0. The van der Waals surface area contributed by atoms with E-state index in [0.29, 0.717) is 16.0 Å². The third kappa shape index (κ3) is 1.63. The Bertz CT molecular complexity index is 693. The van der Waals surface area contributed by atoms with E-state index in [9.17, 15) is 4.39 Å². The molecule has 2 aromatic heterocycles. The maximum atomic E-state index is 13.7. The Kier molecular flexibility index (Phi) is 2.40. The van der Waals surface area contributed by atoms with E-state index >= 15 is 0 Å². The van der Waals surface area contributed by atoms with Gasteiger partial charge in [0.1, 0.15) is 22.6 Å². The van der Waals surface area contributed by atoms with Crippen LogP contribution in [-0.4, -0.2) is 14.4 Å². The van der Waals surface area contributed by atoms with Gasteiger partial charge in [-0.25, -0.2) is 14.4 Å². The lowest BCUT2D eigenvalue weighted by atomic mass is 10.2. The Balaban J connectivity index is 2.35. The highest BCUT2D eigenvalue weighted by Crippen LogP contribution is 2.26. The fraction of sp³-hybridized carbons (Fsp3) is 0. The van der Waals surface area contributed by atoms with Crippen molar-refractivity contribution in [1.29, 1.82) is 0 Å². The Morgan fingerprint density at radius 2 is 2.00 bits per heavy atom. The van der Waals surface area contributed by atoms with Crippen LogP contribution in [0.5, 0.6) is 0 Å². The Hall–Kier alpha value is -1.75. The van der Waals surface area contributed by atoms with E-state index in [1.807, 2.05) is 6.07 Å². The van der Waals surface area contributed by atoms with E-state index in [1.54, 1.807) is 35.1 Å². The molecule has 0 spiro atoms. The number of halogens is 2. The summed E-state index contributed by atoms with van der Waals surface area (Å²) in [6.07, 6.45) is 3.29. The monoisotopic (exact) mass is 291 g/mol. The van der Waals surface area contributed by atoms with E-state index in [0.717, 1.165) is 5.52 Å². The minimum absolute atomic E-state index is 0.296. The van der Waals surface area contributed by atoms with Crippen LogP contribution in [0.3, 0.4) is 0 Å². The summed E-state index contributed by atoms with van der Waals surface area (Å²) in [6, 6.07) is 8.37. The lowest BCUT2D eigenvalue weighted by Crippen LogP contribution is -1.92. The third-order valence-corrected chi connectivity index (χ3v) is 3.10. The van der Waals surface area contributed by atoms with Gasteiger partial charge in [0.2, 0.25) is 0 Å². The Morgan fingerprint density at radius 1 is 1.18 bits per heavy atom. The van der Waals surface area contributed by atoms with Crippen molar-refractivity contribution in [3.05, 3.63) is 53.3 Å². The average molecular weight is 292 g/mol. The van der Waals surface area contributed by atoms with Gasteiger partial charge < -0.3 is 0 Å². The van der Waals surface area contributed by atoms with E-state index in [4.69, 9.17) is 0 Å². The largest absolute Gasteiger partial charge is 0.282 e. The van der Waals surface area contributed by atoms with Gasteiger partial charge in [0.25, 0.3) is 0 Å². The fourth-order valence-electron chi connectivity index (χ4n) is 1.73. The standard InChI is InChI=1S/C12H7BrFN3/c13-11-10-5-6-15-7-17(10)12(16-11)8-3-1-2-4-9(8)14/h1-7H. The molecule has 17 heavy (non-hydrogen) atoms. The van der Waals surface area contributed by atoms with Crippen LogP contribution in [0.4, 0.5) is 4.39 Å². The molecule has 84 valence electrons. The summed E-state index contributed by atoms with van der Waals surface area (Å²) >= 11 is 3.36. The molecule has 0 saturated carbocycles. The van der Waals surface area contributed by atoms with Crippen molar-refractivity contribution in [3.8, 4) is 11.4 Å². The molecule has 0 aliphatic rings. The van der Waals surface area contributed by atoms with Crippen LogP contribution < -0.4 is 0 Å². The second-order valence-electron chi connectivity index (χ2n) is 3.54. The first kappa shape index (κ1) is 10.4. The Morgan fingerprint density at radius 3 is 2.82 bits per heavy atom. The molecule has 3 rings (SSSR count). The lowest BCUT2D eigenvalue weighted by Gasteiger charge is -2.01. The van der Waals surface area contributed by atoms with E-state index in [2.05, 4.69) is 25.9 Å². The molecule has 0 aliphatic carbocycles. The molecule has 1 aromatic carbocycles. The molecule has 0 aliphatic heterocycles. The van der Waals surface area contributed by atoms with Crippen LogP contribution in [0.2, 0.25) is 0 Å². The van der Waals surface area contributed by atoms with Crippen molar-refractivity contribution in [3.63, 3.8) is 0 Å². The highest BCUT2D eigenvalue weighted by molar-refractivity contribution is 9.10. The molecule has 2 heterocycles. The van der Waals surface area contributed by atoms with Crippen LogP contribution >= 0.6 is 15.9 Å². The average Bonchev–Trinajstić information content (AvgIpc) is 2.68. The normalized spacial score (nSPS) is 10.9. The SMILES string of the molecule is Fc1ccccc1-c1nc(Br)c2ccncn12. The van der Waals surface area contributed by atoms with Gasteiger partial charge in [-0.1, -0.05) is 12.1 Å². The van der Waals surface area contributed by atoms with Gasteiger partial charge in [-0.05, 0) is 34.1 Å². The highest BCUT2D eigenvalue weighted by Gasteiger charge is 2.13. The van der Waals surface area contributed by atoms with Gasteiger partial charge >= 0.3 is 0 Å². The molecule has 0 unspecified atom stereocenters. The van der Waals surface area contributed by atoms with Gasteiger partial charge in [0.05, 0.1) is 11.1 Å². The van der Waals surface area contributed by atoms with Gasteiger partial charge in [-0.15, -0.1) is 0 Å². The number of nitrogens with zero attached hydrogens (tertiary/aromatic N) is 3. The van der Waals surface area contributed by atoms with Crippen molar-refractivity contribution in [2.45, 2.75) is 0 Å². The zero-order chi connectivity index (χ0) is 11.8. The summed E-state index contributed by atoms with van der Waals surface area (Å²) in [6.45, 7) is 0. The quantitative estimate of drug-likeness (QED) is 0.689. The smallest absolute Gasteiger partial charge is 0.150 e. The topological polar surface area (TPSA) is 30.2 Å². The molecule has 0 N–H and O–H groups in total. The van der Waals surface area contributed by atoms with Crippen LogP contribution in [-0.2, 0) is 0 Å². The number of rotatable bonds is 1. The summed E-state index contributed by atoms with van der Waals surface area (Å²) < 4.78 is 16.2. The van der Waals surface area contributed by atoms with Crippen molar-refractivity contribution < 1.29 is 4.39 Å². The van der Waals surface area contributed by atoms with Crippen LogP contribution in [0.15, 0.2) is 47.5 Å². The van der Waals surface area contributed by atoms with Crippen molar-refractivity contribution >= 4 is 21.4 Å². The number of imidazole rings is 1. The van der Waals surface area contributed by atoms with Gasteiger partial charge in [-0.3, -0.25) is 4.40 Å². The van der Waals surface area contributed by atoms with Crippen LogP contribution in [0, 0.1) is 5.82 Å². The number of fused-ring (bicyclic) bond motifs is 1. The van der Waals surface area contributed by atoms with Crippen molar-refractivity contribution in [1.82, 2.24) is 14.4 Å². The van der Waals surface area contributed by atoms with Gasteiger partial charge in [0, 0.05) is 6.20 Å². The molecule has 0 fully saturated rings. The molecular weight excluding hydrogens is 285 g/mol. The molecule has 0 atom stereocenters. The third-order valence-electron chi connectivity index (χ3n) is 2.52. The second-order valence-corrected chi connectivity index (χ2v) is 4.29. The number of hydrogen-bond donors (Lipinski definition) is 0. The molecule has 0 amide bonds. The van der Waals surface area contributed by atoms with Crippen molar-refractivity contribution in [2.24, 2.45) is 0 Å². The summed E-state index contributed by atoms with van der Waals surface area (Å²) in [4.78, 5) is 8.34. The fourth-order valence-corrected chi connectivity index (χ4v) is 2.23. The molecule has 0 bridgehead atoms. The predicted octanol–water partition coefficient (Wildman–Crippen LogP) is 3.30. The van der Waals surface area contributed by atoms with Crippen LogP contribution in [0.25, 0.3) is 16.9 Å². The Labute approximate surface area is 105 Å². The summed E-state index contributed by atoms with van der Waals surface area (Å²) in [5.74, 6) is 0.244. The van der Waals surface area contributed by atoms with Gasteiger partial charge in [-0.2, -0.15) is 0 Å². The number of hydrogen-bond acceptors (Lipinski definition) is 2. The first-order valence-corrected chi connectivity index (χ1v) is 5.79.